The van der Waals surface area contributed by atoms with Crippen LogP contribution in [0.15, 0.2) is 36.8 Å². The molecular formula is C23H32N6O6S. The number of nitrogens with one attached hydrogen (secondary N) is 4. The monoisotopic (exact) mass is 520 g/mol. The number of nitrogens with two attached hydrogens (primary N) is 1. The lowest BCUT2D eigenvalue weighted by atomic mass is 10.0. The number of rotatable bonds is 14. The van der Waals surface area contributed by atoms with Crippen molar-refractivity contribution in [3.63, 3.8) is 0 Å². The number of aromatic hydroxyl groups is 1. The number of aliphatic carboxylic acids is 1. The third kappa shape index (κ3) is 9.23. The SMILES string of the molecule is CSCCC(NC(=O)C(Cc1ccc(O)cc1)NC(=O)C(N)Cc1cnc[nH]1)C(=O)NC(C)C(=O)O. The molecule has 0 radical (unpaired) electrons. The molecule has 0 saturated heterocycles. The summed E-state index contributed by atoms with van der Waals surface area (Å²) in [5.74, 6) is -2.47. The van der Waals surface area contributed by atoms with E-state index in [0.29, 0.717) is 17.0 Å². The Morgan fingerprint density at radius 1 is 1.03 bits per heavy atom. The number of carboxylic acid groups (broad SMARTS) is 1. The van der Waals surface area contributed by atoms with Crippen molar-refractivity contribution in [3.8, 4) is 5.75 Å². The van der Waals surface area contributed by atoms with Gasteiger partial charge in [-0.2, -0.15) is 11.8 Å². The highest BCUT2D eigenvalue weighted by Crippen LogP contribution is 2.12. The summed E-state index contributed by atoms with van der Waals surface area (Å²) in [5.41, 5.74) is 7.33. The molecule has 2 aromatic rings. The van der Waals surface area contributed by atoms with E-state index in [1.165, 1.54) is 37.1 Å². The molecule has 1 heterocycles. The molecule has 13 heteroatoms. The molecule has 0 aliphatic carbocycles. The number of carbonyl (C=O) groups is 4. The predicted molar refractivity (Wildman–Crippen MR) is 134 cm³/mol. The lowest BCUT2D eigenvalue weighted by molar-refractivity contribution is -0.141. The summed E-state index contributed by atoms with van der Waals surface area (Å²) in [6.07, 6.45) is 5.34. The third-order valence-electron chi connectivity index (χ3n) is 5.31. The van der Waals surface area contributed by atoms with Crippen molar-refractivity contribution in [2.45, 2.75) is 50.4 Å². The zero-order valence-electron chi connectivity index (χ0n) is 20.1. The van der Waals surface area contributed by atoms with Gasteiger partial charge in [0, 0.05) is 24.7 Å². The normalized spacial score (nSPS) is 14.2. The Kier molecular flexibility index (Phi) is 11.2. The number of phenols is 1. The fraction of sp³-hybridized carbons (Fsp3) is 0.435. The second-order valence-corrected chi connectivity index (χ2v) is 9.22. The largest absolute Gasteiger partial charge is 0.508 e. The minimum Gasteiger partial charge on any atom is -0.508 e. The Balaban J connectivity index is 2.18. The molecule has 0 aliphatic rings. The van der Waals surface area contributed by atoms with Gasteiger partial charge >= 0.3 is 5.97 Å². The lowest BCUT2D eigenvalue weighted by Gasteiger charge is -2.25. The molecule has 36 heavy (non-hydrogen) atoms. The summed E-state index contributed by atoms with van der Waals surface area (Å²) in [4.78, 5) is 56.6. The second kappa shape index (κ2) is 14.1. The number of hydrogen-bond donors (Lipinski definition) is 7. The first-order valence-electron chi connectivity index (χ1n) is 11.2. The van der Waals surface area contributed by atoms with Gasteiger partial charge in [0.05, 0.1) is 12.4 Å². The van der Waals surface area contributed by atoms with Gasteiger partial charge in [-0.15, -0.1) is 0 Å². The summed E-state index contributed by atoms with van der Waals surface area (Å²) < 4.78 is 0. The topological polar surface area (TPSA) is 200 Å². The fourth-order valence-corrected chi connectivity index (χ4v) is 3.71. The Labute approximate surface area is 212 Å². The van der Waals surface area contributed by atoms with E-state index < -0.39 is 47.9 Å². The molecule has 4 unspecified atom stereocenters. The first kappa shape index (κ1) is 28.7. The average molecular weight is 521 g/mol. The van der Waals surface area contributed by atoms with Crippen LogP contribution in [0.3, 0.4) is 0 Å². The maximum Gasteiger partial charge on any atom is 0.325 e. The van der Waals surface area contributed by atoms with Crippen LogP contribution in [0.25, 0.3) is 0 Å². The van der Waals surface area contributed by atoms with Crippen molar-refractivity contribution < 1.29 is 29.4 Å². The third-order valence-corrected chi connectivity index (χ3v) is 5.96. The summed E-state index contributed by atoms with van der Waals surface area (Å²) in [6.45, 7) is 1.32. The van der Waals surface area contributed by atoms with Gasteiger partial charge in [-0.3, -0.25) is 19.2 Å². The van der Waals surface area contributed by atoms with Crippen molar-refractivity contribution in [1.29, 1.82) is 0 Å². The van der Waals surface area contributed by atoms with Crippen LogP contribution in [-0.4, -0.2) is 80.0 Å². The van der Waals surface area contributed by atoms with Crippen LogP contribution in [-0.2, 0) is 32.0 Å². The molecule has 1 aromatic heterocycles. The molecule has 0 saturated carbocycles. The molecule has 12 nitrogen and oxygen atoms in total. The van der Waals surface area contributed by atoms with E-state index in [2.05, 4.69) is 25.9 Å². The zero-order valence-corrected chi connectivity index (χ0v) is 20.9. The number of aromatic amines is 1. The van der Waals surface area contributed by atoms with Crippen LogP contribution >= 0.6 is 11.8 Å². The van der Waals surface area contributed by atoms with Crippen LogP contribution in [0.5, 0.6) is 5.75 Å². The molecule has 4 atom stereocenters. The van der Waals surface area contributed by atoms with Gasteiger partial charge in [-0.1, -0.05) is 12.1 Å². The highest BCUT2D eigenvalue weighted by Gasteiger charge is 2.29. The molecule has 0 bridgehead atoms. The van der Waals surface area contributed by atoms with Gasteiger partial charge in [0.2, 0.25) is 17.7 Å². The molecule has 2 rings (SSSR count). The molecule has 8 N–H and O–H groups in total. The highest BCUT2D eigenvalue weighted by molar-refractivity contribution is 7.98. The number of amides is 3. The standard InChI is InChI=1S/C23H32N6O6S/c1-13(23(34)35)27-21(32)18(7-8-36-2)28-22(33)19(9-14-3-5-16(30)6-4-14)29-20(31)17(24)10-15-11-25-12-26-15/h3-6,11-13,17-19,30H,7-10,24H2,1-2H3,(H,25,26)(H,27,32)(H,28,33)(H,29,31)(H,34,35). The number of thioether (sulfide) groups is 1. The van der Waals surface area contributed by atoms with Crippen molar-refractivity contribution in [3.05, 3.63) is 48.0 Å². The van der Waals surface area contributed by atoms with Gasteiger partial charge in [0.15, 0.2) is 0 Å². The summed E-state index contributed by atoms with van der Waals surface area (Å²) in [7, 11) is 0. The van der Waals surface area contributed by atoms with Crippen LogP contribution < -0.4 is 21.7 Å². The van der Waals surface area contributed by atoms with E-state index in [-0.39, 0.29) is 25.0 Å². The summed E-state index contributed by atoms with van der Waals surface area (Å²) >= 11 is 1.46. The zero-order chi connectivity index (χ0) is 26.7. The Morgan fingerprint density at radius 3 is 2.25 bits per heavy atom. The molecular weight excluding hydrogens is 488 g/mol. The number of nitrogens with zero attached hydrogens (tertiary/aromatic N) is 1. The number of imidazole rings is 1. The maximum atomic E-state index is 13.3. The van der Waals surface area contributed by atoms with Gasteiger partial charge in [0.25, 0.3) is 0 Å². The molecule has 3 amide bonds. The molecule has 1 aromatic carbocycles. The Hall–Kier alpha value is -3.58. The van der Waals surface area contributed by atoms with Gasteiger partial charge in [0.1, 0.15) is 23.9 Å². The van der Waals surface area contributed by atoms with Crippen molar-refractivity contribution >= 4 is 35.5 Å². The van der Waals surface area contributed by atoms with Gasteiger partial charge in [-0.25, -0.2) is 4.98 Å². The van der Waals surface area contributed by atoms with Crippen LogP contribution in [0.2, 0.25) is 0 Å². The fourth-order valence-electron chi connectivity index (χ4n) is 3.23. The van der Waals surface area contributed by atoms with E-state index >= 15 is 0 Å². The minimum absolute atomic E-state index is 0.0479. The quantitative estimate of drug-likeness (QED) is 0.172. The molecule has 0 spiro atoms. The van der Waals surface area contributed by atoms with Crippen LogP contribution in [0.4, 0.5) is 0 Å². The first-order valence-corrected chi connectivity index (χ1v) is 12.6. The van der Waals surface area contributed by atoms with Crippen LogP contribution in [0, 0.1) is 0 Å². The molecule has 0 aliphatic heterocycles. The summed E-state index contributed by atoms with van der Waals surface area (Å²) in [5, 5.41) is 26.3. The Morgan fingerprint density at radius 2 is 1.67 bits per heavy atom. The number of carbonyl (C=O) groups excluding carboxylic acids is 3. The number of carboxylic acids is 1. The smallest absolute Gasteiger partial charge is 0.325 e. The number of H-pyrrole nitrogens is 1. The second-order valence-electron chi connectivity index (χ2n) is 8.23. The van der Waals surface area contributed by atoms with E-state index in [4.69, 9.17) is 10.8 Å². The van der Waals surface area contributed by atoms with E-state index in [1.54, 1.807) is 18.3 Å². The van der Waals surface area contributed by atoms with Gasteiger partial charge in [-0.05, 0) is 43.0 Å². The molecule has 0 fully saturated rings. The van der Waals surface area contributed by atoms with Crippen molar-refractivity contribution in [2.24, 2.45) is 5.73 Å². The highest BCUT2D eigenvalue weighted by atomic mass is 32.2. The summed E-state index contributed by atoms with van der Waals surface area (Å²) in [6, 6.07) is 1.93. The first-order chi connectivity index (χ1) is 17.1. The van der Waals surface area contributed by atoms with Crippen molar-refractivity contribution in [1.82, 2.24) is 25.9 Å². The number of phenolic OH excluding ortho intramolecular Hbond substituents is 1. The number of benzene rings is 1. The maximum absolute atomic E-state index is 13.3. The number of hydrogen-bond acceptors (Lipinski definition) is 8. The Bertz CT molecular complexity index is 1020. The van der Waals surface area contributed by atoms with E-state index in [9.17, 15) is 24.3 Å². The average Bonchev–Trinajstić information content (AvgIpc) is 3.35. The van der Waals surface area contributed by atoms with Gasteiger partial charge < -0.3 is 36.9 Å². The predicted octanol–water partition coefficient (Wildman–Crippen LogP) is -0.460. The van der Waals surface area contributed by atoms with E-state index in [0.717, 1.165) is 0 Å². The number of aromatic nitrogens is 2. The lowest BCUT2D eigenvalue weighted by Crippen LogP contribution is -2.57. The van der Waals surface area contributed by atoms with Crippen LogP contribution in [0.1, 0.15) is 24.6 Å². The van der Waals surface area contributed by atoms with Crippen molar-refractivity contribution in [2.75, 3.05) is 12.0 Å². The minimum atomic E-state index is -1.21. The van der Waals surface area contributed by atoms with E-state index in [1.807, 2.05) is 6.26 Å². The molecule has 196 valence electrons.